The zero-order chi connectivity index (χ0) is 23.2. The fourth-order valence-corrected chi connectivity index (χ4v) is 4.28. The Morgan fingerprint density at radius 3 is 2.79 bits per heavy atom. The third-order valence-electron chi connectivity index (χ3n) is 6.34. The van der Waals surface area contributed by atoms with Crippen LogP contribution >= 0.6 is 0 Å². The van der Waals surface area contributed by atoms with E-state index in [2.05, 4.69) is 66.2 Å². The Hall–Kier alpha value is -3.32. The zero-order valence-electron chi connectivity index (χ0n) is 19.3. The molecule has 0 aliphatic heterocycles. The smallest absolute Gasteiger partial charge is 0.340 e. The van der Waals surface area contributed by atoms with Crippen LogP contribution in [0, 0.1) is 29.5 Å². The summed E-state index contributed by atoms with van der Waals surface area (Å²) < 4.78 is 18.8. The van der Waals surface area contributed by atoms with Gasteiger partial charge in [-0.05, 0) is 60.6 Å². The maximum atomic E-state index is 14.1. The molecule has 33 heavy (non-hydrogen) atoms. The van der Waals surface area contributed by atoms with E-state index in [-0.39, 0.29) is 5.56 Å². The molecule has 2 aliphatic rings. The van der Waals surface area contributed by atoms with E-state index in [0.717, 1.165) is 54.5 Å². The van der Waals surface area contributed by atoms with Crippen LogP contribution < -0.4 is 4.90 Å². The Bertz CT molecular complexity index is 1120. The second kappa shape index (κ2) is 10.5. The summed E-state index contributed by atoms with van der Waals surface area (Å²) in [5.41, 5.74) is 4.38. The van der Waals surface area contributed by atoms with E-state index in [1.54, 1.807) is 12.1 Å². The lowest BCUT2D eigenvalue weighted by Crippen LogP contribution is -2.24. The highest BCUT2D eigenvalue weighted by Gasteiger charge is 2.38. The first-order valence-electron chi connectivity index (χ1n) is 11.7. The van der Waals surface area contributed by atoms with Gasteiger partial charge in [0, 0.05) is 30.8 Å². The second-order valence-electron chi connectivity index (χ2n) is 8.74. The lowest BCUT2D eigenvalue weighted by atomic mass is 10.0. The number of halogens is 1. The molecule has 0 radical (unpaired) electrons. The highest BCUT2D eigenvalue weighted by molar-refractivity contribution is 5.90. The minimum absolute atomic E-state index is 0.0387. The van der Waals surface area contributed by atoms with E-state index < -0.39 is 11.8 Å². The number of fused-ring (bicyclic) bond motifs is 1. The van der Waals surface area contributed by atoms with E-state index in [1.807, 2.05) is 0 Å². The van der Waals surface area contributed by atoms with Gasteiger partial charge in [-0.25, -0.2) is 9.18 Å². The molecule has 0 amide bonds. The number of nitrogens with zero attached hydrogens (tertiary/aromatic N) is 1. The Kier molecular flexibility index (Phi) is 7.29. The van der Waals surface area contributed by atoms with Crippen LogP contribution in [0.2, 0.25) is 0 Å². The Morgan fingerprint density at radius 1 is 1.21 bits per heavy atom. The maximum absolute atomic E-state index is 14.1. The van der Waals surface area contributed by atoms with E-state index in [9.17, 15) is 9.18 Å². The molecular formula is C29H30FNO2. The van der Waals surface area contributed by atoms with Gasteiger partial charge in [0.05, 0.1) is 12.7 Å². The standard InChI is InChI=1S/C29H30FNO2/c1-3-4-17-31(25-15-16-28(30)27(19-25)29(32)33-2)20-22-13-11-21(12-14-22)7-5-8-23-9-6-10-24-18-26(23)24/h6,9-16,19,24,26H,3-4,8,17-18,20H2,1-2H3. The lowest BCUT2D eigenvalue weighted by molar-refractivity contribution is 0.0595. The summed E-state index contributed by atoms with van der Waals surface area (Å²) in [4.78, 5) is 14.1. The van der Waals surface area contributed by atoms with Crippen molar-refractivity contribution < 1.29 is 13.9 Å². The first-order valence-corrected chi connectivity index (χ1v) is 11.7. The number of hydrogen-bond donors (Lipinski definition) is 0. The molecule has 0 heterocycles. The minimum atomic E-state index is -0.662. The van der Waals surface area contributed by atoms with Crippen molar-refractivity contribution >= 4 is 11.7 Å². The van der Waals surface area contributed by atoms with Crippen LogP contribution in [0.25, 0.3) is 0 Å². The zero-order valence-corrected chi connectivity index (χ0v) is 19.3. The molecule has 0 bridgehead atoms. The average Bonchev–Trinajstić information content (AvgIpc) is 3.63. The van der Waals surface area contributed by atoms with Gasteiger partial charge in [-0.3, -0.25) is 0 Å². The van der Waals surface area contributed by atoms with Crippen molar-refractivity contribution in [3.8, 4) is 11.8 Å². The molecule has 3 nitrogen and oxygen atoms in total. The number of ether oxygens (including phenoxy) is 1. The second-order valence-corrected chi connectivity index (χ2v) is 8.74. The molecule has 2 atom stereocenters. The molecule has 0 aromatic heterocycles. The maximum Gasteiger partial charge on any atom is 0.340 e. The fourth-order valence-electron chi connectivity index (χ4n) is 4.28. The molecule has 2 unspecified atom stereocenters. The van der Waals surface area contributed by atoms with Gasteiger partial charge in [0.25, 0.3) is 0 Å². The predicted octanol–water partition coefficient (Wildman–Crippen LogP) is 6.29. The van der Waals surface area contributed by atoms with Crippen LogP contribution in [0.4, 0.5) is 10.1 Å². The third-order valence-corrected chi connectivity index (χ3v) is 6.34. The number of methoxy groups -OCH3 is 1. The summed E-state index contributed by atoms with van der Waals surface area (Å²) in [6, 6.07) is 12.9. The molecule has 1 saturated carbocycles. The number of anilines is 1. The van der Waals surface area contributed by atoms with E-state index in [1.165, 1.54) is 25.2 Å². The summed E-state index contributed by atoms with van der Waals surface area (Å²) in [7, 11) is 1.26. The third kappa shape index (κ3) is 5.73. The highest BCUT2D eigenvalue weighted by Crippen LogP contribution is 2.48. The molecule has 1 fully saturated rings. The fraction of sp³-hybridized carbons (Fsp3) is 0.345. The van der Waals surface area contributed by atoms with Crippen LogP contribution in [0.5, 0.6) is 0 Å². The van der Waals surface area contributed by atoms with Crippen molar-refractivity contribution in [3.63, 3.8) is 0 Å². The lowest BCUT2D eigenvalue weighted by Gasteiger charge is -2.25. The molecular weight excluding hydrogens is 413 g/mol. The number of benzene rings is 2. The minimum Gasteiger partial charge on any atom is -0.465 e. The highest BCUT2D eigenvalue weighted by atomic mass is 19.1. The summed E-state index contributed by atoms with van der Waals surface area (Å²) in [6.45, 7) is 3.62. The molecule has 0 saturated heterocycles. The van der Waals surface area contributed by atoms with Crippen molar-refractivity contribution in [2.24, 2.45) is 11.8 Å². The number of hydrogen-bond acceptors (Lipinski definition) is 3. The van der Waals surface area contributed by atoms with Crippen molar-refractivity contribution in [1.82, 2.24) is 0 Å². The van der Waals surface area contributed by atoms with Crippen molar-refractivity contribution in [1.29, 1.82) is 0 Å². The molecule has 4 rings (SSSR count). The quantitative estimate of drug-likeness (QED) is 0.355. The summed E-state index contributed by atoms with van der Waals surface area (Å²) in [5, 5.41) is 0. The van der Waals surface area contributed by atoms with Crippen LogP contribution in [-0.4, -0.2) is 19.6 Å². The van der Waals surface area contributed by atoms with Gasteiger partial charge in [-0.1, -0.05) is 61.1 Å². The van der Waals surface area contributed by atoms with Gasteiger partial charge in [0.15, 0.2) is 0 Å². The van der Waals surface area contributed by atoms with Crippen molar-refractivity contribution in [3.05, 3.63) is 88.8 Å². The molecule has 170 valence electrons. The number of unbranched alkanes of at least 4 members (excludes halogenated alkanes) is 1. The summed E-state index contributed by atoms with van der Waals surface area (Å²) in [6.07, 6.45) is 10.8. The van der Waals surface area contributed by atoms with Gasteiger partial charge in [-0.15, -0.1) is 0 Å². The number of carbonyl (C=O) groups excluding carboxylic acids is 1. The monoisotopic (exact) mass is 443 g/mol. The number of carbonyl (C=O) groups is 1. The SMILES string of the molecule is CCCCN(Cc1ccc(C#CCC2=CC=CC3CC23)cc1)c1ccc(F)c(C(=O)OC)c1. The molecule has 2 aromatic carbocycles. The van der Waals surface area contributed by atoms with Gasteiger partial charge in [0.2, 0.25) is 0 Å². The van der Waals surface area contributed by atoms with Crippen LogP contribution in [0.3, 0.4) is 0 Å². The first-order chi connectivity index (χ1) is 16.1. The molecule has 0 spiro atoms. The predicted molar refractivity (Wildman–Crippen MR) is 130 cm³/mol. The van der Waals surface area contributed by atoms with Crippen LogP contribution in [-0.2, 0) is 11.3 Å². The van der Waals surface area contributed by atoms with Gasteiger partial charge >= 0.3 is 5.97 Å². The van der Waals surface area contributed by atoms with Gasteiger partial charge in [-0.2, -0.15) is 0 Å². The molecule has 2 aliphatic carbocycles. The number of rotatable bonds is 8. The normalized spacial score (nSPS) is 18.0. The average molecular weight is 444 g/mol. The number of esters is 1. The number of allylic oxidation sites excluding steroid dienone is 4. The summed E-state index contributed by atoms with van der Waals surface area (Å²) in [5.74, 6) is 6.87. The Labute approximate surface area is 196 Å². The van der Waals surface area contributed by atoms with E-state index in [0.29, 0.717) is 6.54 Å². The Morgan fingerprint density at radius 2 is 2.03 bits per heavy atom. The topological polar surface area (TPSA) is 29.5 Å². The Balaban J connectivity index is 1.44. The van der Waals surface area contributed by atoms with E-state index in [4.69, 9.17) is 4.74 Å². The largest absolute Gasteiger partial charge is 0.465 e. The van der Waals surface area contributed by atoms with Gasteiger partial charge < -0.3 is 9.64 Å². The van der Waals surface area contributed by atoms with Crippen LogP contribution in [0.1, 0.15) is 54.1 Å². The molecule has 0 N–H and O–H groups in total. The van der Waals surface area contributed by atoms with Crippen LogP contribution in [0.15, 0.2) is 66.3 Å². The van der Waals surface area contributed by atoms with Crippen molar-refractivity contribution in [2.45, 2.75) is 39.2 Å². The molecule has 4 heteroatoms. The first kappa shape index (κ1) is 22.9. The molecule has 2 aromatic rings. The van der Waals surface area contributed by atoms with Crippen molar-refractivity contribution in [2.75, 3.05) is 18.6 Å². The van der Waals surface area contributed by atoms with E-state index >= 15 is 0 Å². The summed E-state index contributed by atoms with van der Waals surface area (Å²) >= 11 is 0. The van der Waals surface area contributed by atoms with Gasteiger partial charge in [0.1, 0.15) is 5.82 Å².